The average molecular weight is 287 g/mol. The largest absolute Gasteiger partial charge is 0.489 e. The summed E-state index contributed by atoms with van der Waals surface area (Å²) in [6.45, 7) is 6.59. The maximum atomic E-state index is 11.5. The number of carbonyl (C=O) groups excluding carboxylic acids is 1. The van der Waals surface area contributed by atoms with E-state index < -0.39 is 0 Å². The van der Waals surface area contributed by atoms with Gasteiger partial charge in [-0.3, -0.25) is 4.79 Å². The van der Waals surface area contributed by atoms with Gasteiger partial charge in [-0.05, 0) is 31.5 Å². The zero-order valence-corrected chi connectivity index (χ0v) is 12.5. The summed E-state index contributed by atoms with van der Waals surface area (Å²) in [4.78, 5) is 11.5. The second-order valence-electron chi connectivity index (χ2n) is 4.63. The Morgan fingerprint density at radius 3 is 2.68 bits per heavy atom. The van der Waals surface area contributed by atoms with Crippen LogP contribution in [0.15, 0.2) is 24.3 Å². The van der Waals surface area contributed by atoms with Crippen LogP contribution in [0.25, 0.3) is 0 Å². The number of nitrogens with one attached hydrogen (secondary N) is 1. The minimum absolute atomic E-state index is 0. The van der Waals surface area contributed by atoms with Crippen LogP contribution >= 0.6 is 12.4 Å². The summed E-state index contributed by atoms with van der Waals surface area (Å²) in [6, 6.07) is 7.85. The van der Waals surface area contributed by atoms with Gasteiger partial charge in [0.2, 0.25) is 5.91 Å². The van der Waals surface area contributed by atoms with Crippen molar-refractivity contribution in [3.05, 3.63) is 29.8 Å². The first-order valence-corrected chi connectivity index (χ1v) is 6.24. The second kappa shape index (κ2) is 8.77. The van der Waals surface area contributed by atoms with Crippen molar-refractivity contribution in [3.8, 4) is 5.75 Å². The third-order valence-electron chi connectivity index (χ3n) is 2.69. The average Bonchev–Trinajstić information content (AvgIpc) is 2.35. The molecule has 0 heterocycles. The lowest BCUT2D eigenvalue weighted by Gasteiger charge is -2.17. The molecule has 0 radical (unpaired) electrons. The molecule has 0 bridgehead atoms. The molecule has 3 N–H and O–H groups in total. The molecule has 1 amide bonds. The van der Waals surface area contributed by atoms with Gasteiger partial charge in [-0.2, -0.15) is 0 Å². The highest BCUT2D eigenvalue weighted by atomic mass is 35.5. The van der Waals surface area contributed by atoms with Crippen LogP contribution in [0.4, 0.5) is 0 Å². The Balaban J connectivity index is 0.00000324. The van der Waals surface area contributed by atoms with Crippen molar-refractivity contribution in [2.24, 2.45) is 11.7 Å². The van der Waals surface area contributed by atoms with Gasteiger partial charge in [0, 0.05) is 12.5 Å². The number of halogens is 1. The third-order valence-corrected chi connectivity index (χ3v) is 2.69. The van der Waals surface area contributed by atoms with Crippen LogP contribution in [-0.4, -0.2) is 25.1 Å². The number of aryl methyl sites for hydroxylation is 1. The maximum absolute atomic E-state index is 11.5. The van der Waals surface area contributed by atoms with E-state index in [4.69, 9.17) is 10.5 Å². The Morgan fingerprint density at radius 1 is 1.42 bits per heavy atom. The molecule has 0 saturated carbocycles. The van der Waals surface area contributed by atoms with E-state index in [2.05, 4.69) is 5.32 Å². The maximum Gasteiger partial charge on any atom is 0.224 e. The number of nitrogens with two attached hydrogens (primary N) is 1. The molecule has 0 spiro atoms. The quantitative estimate of drug-likeness (QED) is 0.839. The standard InChI is InChI=1S/C14H22N2O2.ClH/c1-10-5-4-6-13(7-10)18-12(3)9-16-14(17)11(2)8-15;/h4-7,11-12H,8-9,15H2,1-3H3,(H,16,17);1H. The fraction of sp³-hybridized carbons (Fsp3) is 0.500. The van der Waals surface area contributed by atoms with Crippen LogP contribution in [0.5, 0.6) is 5.75 Å². The van der Waals surface area contributed by atoms with Crippen LogP contribution in [-0.2, 0) is 4.79 Å². The molecule has 1 rings (SSSR count). The van der Waals surface area contributed by atoms with Crippen molar-refractivity contribution in [2.45, 2.75) is 26.9 Å². The van der Waals surface area contributed by atoms with E-state index in [1.807, 2.05) is 38.1 Å². The normalized spacial score (nSPS) is 13.1. The van der Waals surface area contributed by atoms with Crippen molar-refractivity contribution >= 4 is 18.3 Å². The van der Waals surface area contributed by atoms with Gasteiger partial charge < -0.3 is 15.8 Å². The molecule has 2 unspecified atom stereocenters. The Bertz CT molecular complexity index is 399. The molecule has 2 atom stereocenters. The lowest BCUT2D eigenvalue weighted by atomic mass is 10.1. The molecular weight excluding hydrogens is 264 g/mol. The van der Waals surface area contributed by atoms with Crippen LogP contribution < -0.4 is 15.8 Å². The number of carbonyl (C=O) groups is 1. The summed E-state index contributed by atoms with van der Waals surface area (Å²) in [6.07, 6.45) is -0.0688. The lowest BCUT2D eigenvalue weighted by Crippen LogP contribution is -2.38. The van der Waals surface area contributed by atoms with Crippen molar-refractivity contribution in [1.82, 2.24) is 5.32 Å². The first-order chi connectivity index (χ1) is 8.52. The van der Waals surface area contributed by atoms with Crippen LogP contribution in [0, 0.1) is 12.8 Å². The van der Waals surface area contributed by atoms with Gasteiger partial charge in [0.1, 0.15) is 11.9 Å². The number of amides is 1. The van der Waals surface area contributed by atoms with Gasteiger partial charge in [-0.25, -0.2) is 0 Å². The van der Waals surface area contributed by atoms with Crippen molar-refractivity contribution in [2.75, 3.05) is 13.1 Å². The predicted octanol–water partition coefficient (Wildman–Crippen LogP) is 1.90. The number of benzene rings is 1. The topological polar surface area (TPSA) is 64.3 Å². The Hall–Kier alpha value is -1.26. The van der Waals surface area contributed by atoms with Gasteiger partial charge in [0.15, 0.2) is 0 Å². The smallest absolute Gasteiger partial charge is 0.224 e. The summed E-state index contributed by atoms with van der Waals surface area (Å²) in [7, 11) is 0. The molecule has 0 aliphatic carbocycles. The number of ether oxygens (including phenoxy) is 1. The summed E-state index contributed by atoms with van der Waals surface area (Å²) < 4.78 is 5.71. The van der Waals surface area contributed by atoms with Gasteiger partial charge >= 0.3 is 0 Å². The molecule has 1 aromatic carbocycles. The van der Waals surface area contributed by atoms with E-state index in [9.17, 15) is 4.79 Å². The minimum atomic E-state index is -0.156. The number of hydrogen-bond donors (Lipinski definition) is 2. The first kappa shape index (κ1) is 17.7. The fourth-order valence-corrected chi connectivity index (χ4v) is 1.49. The zero-order chi connectivity index (χ0) is 13.5. The van der Waals surface area contributed by atoms with E-state index >= 15 is 0 Å². The van der Waals surface area contributed by atoms with E-state index in [0.29, 0.717) is 13.1 Å². The van der Waals surface area contributed by atoms with E-state index in [-0.39, 0.29) is 30.3 Å². The van der Waals surface area contributed by atoms with Gasteiger partial charge in [-0.15, -0.1) is 12.4 Å². The minimum Gasteiger partial charge on any atom is -0.489 e. The highest BCUT2D eigenvalue weighted by Crippen LogP contribution is 2.13. The Kier molecular flexibility index (Phi) is 8.19. The molecule has 108 valence electrons. The monoisotopic (exact) mass is 286 g/mol. The molecule has 0 saturated heterocycles. The summed E-state index contributed by atoms with van der Waals surface area (Å²) in [5, 5.41) is 2.82. The number of hydrogen-bond acceptors (Lipinski definition) is 3. The highest BCUT2D eigenvalue weighted by Gasteiger charge is 2.12. The molecule has 0 aromatic heterocycles. The van der Waals surface area contributed by atoms with Crippen molar-refractivity contribution < 1.29 is 9.53 Å². The molecule has 0 aliphatic heterocycles. The number of rotatable bonds is 6. The third kappa shape index (κ3) is 6.45. The molecule has 19 heavy (non-hydrogen) atoms. The molecule has 4 nitrogen and oxygen atoms in total. The summed E-state index contributed by atoms with van der Waals surface area (Å²) in [5.41, 5.74) is 6.58. The summed E-state index contributed by atoms with van der Waals surface area (Å²) in [5.74, 6) is 0.636. The highest BCUT2D eigenvalue weighted by molar-refractivity contribution is 5.85. The van der Waals surface area contributed by atoms with Crippen molar-refractivity contribution in [1.29, 1.82) is 0 Å². The molecular formula is C14H23ClN2O2. The van der Waals surface area contributed by atoms with Crippen LogP contribution in [0.3, 0.4) is 0 Å². The van der Waals surface area contributed by atoms with E-state index in [1.165, 1.54) is 0 Å². The van der Waals surface area contributed by atoms with Gasteiger partial charge in [0.25, 0.3) is 0 Å². The first-order valence-electron chi connectivity index (χ1n) is 6.24. The molecule has 0 fully saturated rings. The van der Waals surface area contributed by atoms with Gasteiger partial charge in [-0.1, -0.05) is 19.1 Å². The Labute approximate surface area is 121 Å². The van der Waals surface area contributed by atoms with Gasteiger partial charge in [0.05, 0.1) is 6.54 Å². The van der Waals surface area contributed by atoms with E-state index in [1.54, 1.807) is 6.92 Å². The van der Waals surface area contributed by atoms with Crippen LogP contribution in [0.1, 0.15) is 19.4 Å². The predicted molar refractivity (Wildman–Crippen MR) is 79.7 cm³/mol. The van der Waals surface area contributed by atoms with E-state index in [0.717, 1.165) is 11.3 Å². The molecule has 5 heteroatoms. The second-order valence-corrected chi connectivity index (χ2v) is 4.63. The fourth-order valence-electron chi connectivity index (χ4n) is 1.49. The Morgan fingerprint density at radius 2 is 2.11 bits per heavy atom. The van der Waals surface area contributed by atoms with Crippen LogP contribution in [0.2, 0.25) is 0 Å². The molecule has 0 aliphatic rings. The van der Waals surface area contributed by atoms with Crippen molar-refractivity contribution in [3.63, 3.8) is 0 Å². The zero-order valence-electron chi connectivity index (χ0n) is 11.7. The lowest BCUT2D eigenvalue weighted by molar-refractivity contribution is -0.124. The SMILES string of the molecule is Cc1cccc(OC(C)CNC(=O)C(C)CN)c1.Cl. The summed E-state index contributed by atoms with van der Waals surface area (Å²) >= 11 is 0. The molecule has 1 aromatic rings.